The van der Waals surface area contributed by atoms with Crippen molar-refractivity contribution in [2.45, 2.75) is 6.61 Å². The average molecular weight is 260 g/mol. The molecule has 0 aliphatic rings. The molecule has 2 aromatic rings. The highest BCUT2D eigenvalue weighted by Gasteiger charge is 2.08. The van der Waals surface area contributed by atoms with Gasteiger partial charge < -0.3 is 16.2 Å². The van der Waals surface area contributed by atoms with Gasteiger partial charge >= 0.3 is 0 Å². The van der Waals surface area contributed by atoms with Gasteiger partial charge in [0.05, 0.1) is 12.3 Å². The Bertz CT molecular complexity index is 597. The molecule has 2 aromatic carbocycles. The number of aliphatic hydroxyl groups is 1. The Kier molecular flexibility index (Phi) is 3.77. The van der Waals surface area contributed by atoms with Crippen molar-refractivity contribution < 1.29 is 14.3 Å². The number of amides is 1. The normalized spacial score (nSPS) is 10.2. The molecular weight excluding hydrogens is 247 g/mol. The molecule has 0 aliphatic carbocycles. The second-order valence-electron chi connectivity index (χ2n) is 4.05. The molecule has 0 aliphatic heterocycles. The number of benzene rings is 2. The number of hydrogen-bond donors (Lipinski definition) is 3. The summed E-state index contributed by atoms with van der Waals surface area (Å²) in [5.41, 5.74) is 6.96. The third-order valence-corrected chi connectivity index (χ3v) is 2.65. The number of halogens is 1. The Hall–Kier alpha value is -2.40. The molecule has 19 heavy (non-hydrogen) atoms. The molecule has 0 spiro atoms. The molecule has 1 amide bonds. The average Bonchev–Trinajstić information content (AvgIpc) is 2.42. The molecule has 0 saturated carbocycles. The number of carbonyl (C=O) groups excluding carboxylic acids is 1. The van der Waals surface area contributed by atoms with Gasteiger partial charge in [-0.1, -0.05) is 12.1 Å². The van der Waals surface area contributed by atoms with E-state index in [0.717, 1.165) is 11.6 Å². The van der Waals surface area contributed by atoms with Gasteiger partial charge in [-0.25, -0.2) is 4.39 Å². The van der Waals surface area contributed by atoms with Crippen LogP contribution in [0.1, 0.15) is 15.9 Å². The van der Waals surface area contributed by atoms with E-state index < -0.39 is 5.82 Å². The molecule has 0 radical (unpaired) electrons. The summed E-state index contributed by atoms with van der Waals surface area (Å²) in [6.45, 7) is -0.0529. The molecule has 0 saturated heterocycles. The molecule has 98 valence electrons. The van der Waals surface area contributed by atoms with E-state index in [4.69, 9.17) is 10.8 Å². The van der Waals surface area contributed by atoms with Crippen LogP contribution in [0.2, 0.25) is 0 Å². The minimum atomic E-state index is -0.552. The first-order chi connectivity index (χ1) is 9.10. The third kappa shape index (κ3) is 3.08. The highest BCUT2D eigenvalue weighted by Crippen LogP contribution is 2.15. The summed E-state index contributed by atoms with van der Waals surface area (Å²) >= 11 is 0. The van der Waals surface area contributed by atoms with Gasteiger partial charge in [0.2, 0.25) is 0 Å². The fourth-order valence-electron chi connectivity index (χ4n) is 1.58. The van der Waals surface area contributed by atoms with Crippen LogP contribution in [0.3, 0.4) is 0 Å². The largest absolute Gasteiger partial charge is 0.396 e. The van der Waals surface area contributed by atoms with Crippen LogP contribution < -0.4 is 11.1 Å². The Morgan fingerprint density at radius 2 is 1.89 bits per heavy atom. The van der Waals surface area contributed by atoms with Gasteiger partial charge in [-0.15, -0.1) is 0 Å². The monoisotopic (exact) mass is 260 g/mol. The second-order valence-corrected chi connectivity index (χ2v) is 4.05. The first-order valence-corrected chi connectivity index (χ1v) is 5.66. The van der Waals surface area contributed by atoms with Crippen LogP contribution in [0.5, 0.6) is 0 Å². The van der Waals surface area contributed by atoms with Crippen LogP contribution in [-0.4, -0.2) is 11.0 Å². The summed E-state index contributed by atoms with van der Waals surface area (Å²) in [5.74, 6) is -0.924. The van der Waals surface area contributed by atoms with Crippen LogP contribution >= 0.6 is 0 Å². The molecule has 0 bridgehead atoms. The lowest BCUT2D eigenvalue weighted by Gasteiger charge is -2.07. The lowest BCUT2D eigenvalue weighted by molar-refractivity contribution is 0.102. The second kappa shape index (κ2) is 5.49. The molecule has 5 heteroatoms. The van der Waals surface area contributed by atoms with E-state index in [1.807, 2.05) is 0 Å². The Labute approximate surface area is 109 Å². The Morgan fingerprint density at radius 1 is 1.21 bits per heavy atom. The lowest BCUT2D eigenvalue weighted by Crippen LogP contribution is -2.12. The van der Waals surface area contributed by atoms with Gasteiger partial charge in [0.25, 0.3) is 5.91 Å². The number of nitrogens with two attached hydrogens (primary N) is 1. The Balaban J connectivity index is 2.13. The maximum Gasteiger partial charge on any atom is 0.255 e. The molecule has 2 rings (SSSR count). The summed E-state index contributed by atoms with van der Waals surface area (Å²) in [5, 5.41) is 11.6. The van der Waals surface area contributed by atoms with Crippen molar-refractivity contribution >= 4 is 17.3 Å². The zero-order chi connectivity index (χ0) is 13.8. The lowest BCUT2D eigenvalue weighted by atomic mass is 10.1. The first-order valence-electron chi connectivity index (χ1n) is 5.66. The maximum absolute atomic E-state index is 13.0. The first kappa shape index (κ1) is 13.0. The van der Waals surface area contributed by atoms with E-state index in [1.54, 1.807) is 24.3 Å². The molecule has 0 atom stereocenters. The topological polar surface area (TPSA) is 75.4 Å². The fourth-order valence-corrected chi connectivity index (χ4v) is 1.58. The number of nitrogens with one attached hydrogen (secondary N) is 1. The van der Waals surface area contributed by atoms with Gasteiger partial charge in [-0.3, -0.25) is 4.79 Å². The maximum atomic E-state index is 13.0. The van der Waals surface area contributed by atoms with Crippen molar-refractivity contribution in [2.75, 3.05) is 11.1 Å². The van der Waals surface area contributed by atoms with Crippen molar-refractivity contribution in [1.29, 1.82) is 0 Å². The van der Waals surface area contributed by atoms with E-state index in [-0.39, 0.29) is 23.8 Å². The highest BCUT2D eigenvalue weighted by atomic mass is 19.1. The third-order valence-electron chi connectivity index (χ3n) is 2.65. The summed E-state index contributed by atoms with van der Waals surface area (Å²) in [4.78, 5) is 11.9. The van der Waals surface area contributed by atoms with Crippen molar-refractivity contribution in [3.8, 4) is 0 Å². The molecule has 4 N–H and O–H groups in total. The number of nitrogen functional groups attached to an aromatic ring is 1. The molecule has 4 nitrogen and oxygen atoms in total. The smallest absolute Gasteiger partial charge is 0.255 e. The predicted octanol–water partition coefficient (Wildman–Crippen LogP) is 2.15. The van der Waals surface area contributed by atoms with E-state index in [9.17, 15) is 9.18 Å². The van der Waals surface area contributed by atoms with Gasteiger partial charge in [0.15, 0.2) is 0 Å². The standard InChI is InChI=1S/C14H13FN2O2/c15-12-6-3-10(7-13(12)16)14(19)17-11-4-1-9(8-18)2-5-11/h1-7,18H,8,16H2,(H,17,19). The van der Waals surface area contributed by atoms with Crippen molar-refractivity contribution in [1.82, 2.24) is 0 Å². The summed E-state index contributed by atoms with van der Waals surface area (Å²) in [7, 11) is 0. The van der Waals surface area contributed by atoms with Gasteiger partial charge in [0.1, 0.15) is 5.82 Å². The quantitative estimate of drug-likeness (QED) is 0.740. The SMILES string of the molecule is Nc1cc(C(=O)Nc2ccc(CO)cc2)ccc1F. The summed E-state index contributed by atoms with van der Waals surface area (Å²) in [6.07, 6.45) is 0. The van der Waals surface area contributed by atoms with E-state index in [2.05, 4.69) is 5.32 Å². The van der Waals surface area contributed by atoms with Crippen molar-refractivity contribution in [3.05, 3.63) is 59.4 Å². The van der Waals surface area contributed by atoms with Crippen LogP contribution in [0.4, 0.5) is 15.8 Å². The summed E-state index contributed by atoms with van der Waals surface area (Å²) < 4.78 is 13.0. The van der Waals surface area contributed by atoms with Crippen LogP contribution in [0.25, 0.3) is 0 Å². The zero-order valence-electron chi connectivity index (χ0n) is 10.1. The van der Waals surface area contributed by atoms with Crippen LogP contribution in [-0.2, 0) is 6.61 Å². The minimum Gasteiger partial charge on any atom is -0.396 e. The number of rotatable bonds is 3. The number of anilines is 2. The van der Waals surface area contributed by atoms with E-state index >= 15 is 0 Å². The number of carbonyl (C=O) groups is 1. The molecule has 0 fully saturated rings. The zero-order valence-corrected chi connectivity index (χ0v) is 10.1. The predicted molar refractivity (Wildman–Crippen MR) is 71.1 cm³/mol. The molecular formula is C14H13FN2O2. The van der Waals surface area contributed by atoms with Crippen LogP contribution in [0, 0.1) is 5.82 Å². The minimum absolute atomic E-state index is 0.0529. The number of hydrogen-bond acceptors (Lipinski definition) is 3. The van der Waals surface area contributed by atoms with Crippen molar-refractivity contribution in [3.63, 3.8) is 0 Å². The van der Waals surface area contributed by atoms with E-state index in [1.165, 1.54) is 12.1 Å². The molecule has 0 heterocycles. The van der Waals surface area contributed by atoms with Crippen molar-refractivity contribution in [2.24, 2.45) is 0 Å². The van der Waals surface area contributed by atoms with Gasteiger partial charge in [-0.05, 0) is 35.9 Å². The van der Waals surface area contributed by atoms with E-state index in [0.29, 0.717) is 5.69 Å². The summed E-state index contributed by atoms with van der Waals surface area (Å²) in [6, 6.07) is 10.6. The number of aliphatic hydroxyl groups excluding tert-OH is 1. The Morgan fingerprint density at radius 3 is 2.47 bits per heavy atom. The van der Waals surface area contributed by atoms with Gasteiger partial charge in [0, 0.05) is 11.3 Å². The van der Waals surface area contributed by atoms with Crippen LogP contribution in [0.15, 0.2) is 42.5 Å². The van der Waals surface area contributed by atoms with Gasteiger partial charge in [-0.2, -0.15) is 0 Å². The highest BCUT2D eigenvalue weighted by molar-refractivity contribution is 6.04. The molecule has 0 aromatic heterocycles. The molecule has 0 unspecified atom stereocenters. The fraction of sp³-hybridized carbons (Fsp3) is 0.0714.